The van der Waals surface area contributed by atoms with Crippen LogP contribution in [0.2, 0.25) is 0 Å². The largest absolute Gasteiger partial charge is 0.461 e. The molecule has 5 nitrogen and oxygen atoms in total. The van der Waals surface area contributed by atoms with Crippen molar-refractivity contribution in [3.63, 3.8) is 0 Å². The van der Waals surface area contributed by atoms with Gasteiger partial charge in [-0.2, -0.15) is 0 Å². The van der Waals surface area contributed by atoms with Gasteiger partial charge in [-0.25, -0.2) is 4.79 Å². The van der Waals surface area contributed by atoms with Gasteiger partial charge in [0.1, 0.15) is 0 Å². The molecule has 2 rings (SSSR count). The minimum atomic E-state index is -0.385. The van der Waals surface area contributed by atoms with Crippen LogP contribution >= 0.6 is 23.1 Å². The molecule has 0 aliphatic carbocycles. The van der Waals surface area contributed by atoms with Gasteiger partial charge < -0.3 is 9.47 Å². The summed E-state index contributed by atoms with van der Waals surface area (Å²) in [7, 11) is 0. The molecule has 0 N–H and O–H groups in total. The van der Waals surface area contributed by atoms with Gasteiger partial charge in [0.05, 0.1) is 6.61 Å². The molecule has 1 aromatic rings. The van der Waals surface area contributed by atoms with E-state index in [9.17, 15) is 4.79 Å². The zero-order valence-corrected chi connectivity index (χ0v) is 11.2. The van der Waals surface area contributed by atoms with E-state index in [1.807, 2.05) is 0 Å². The summed E-state index contributed by atoms with van der Waals surface area (Å²) >= 11 is 2.98. The summed E-state index contributed by atoms with van der Waals surface area (Å²) in [5.74, 6) is -0.385. The van der Waals surface area contributed by atoms with Crippen LogP contribution in [0.25, 0.3) is 0 Å². The van der Waals surface area contributed by atoms with Crippen LogP contribution in [0.1, 0.15) is 29.6 Å². The molecule has 1 aliphatic heterocycles. The zero-order chi connectivity index (χ0) is 12.1. The van der Waals surface area contributed by atoms with Crippen molar-refractivity contribution in [2.24, 2.45) is 0 Å². The Morgan fingerprint density at radius 2 is 2.29 bits per heavy atom. The number of nitrogens with zero attached hydrogens (tertiary/aromatic N) is 2. The molecule has 17 heavy (non-hydrogen) atoms. The van der Waals surface area contributed by atoms with Gasteiger partial charge in [-0.1, -0.05) is 23.1 Å². The molecule has 1 fully saturated rings. The number of hydrogen-bond donors (Lipinski definition) is 0. The number of carbonyl (C=O) groups excluding carboxylic acids is 1. The number of aromatic nitrogens is 2. The molecule has 0 saturated carbocycles. The van der Waals surface area contributed by atoms with E-state index in [-0.39, 0.29) is 5.97 Å². The Balaban J connectivity index is 1.91. The molecule has 0 amide bonds. The van der Waals surface area contributed by atoms with Crippen molar-refractivity contribution in [2.75, 3.05) is 19.8 Å². The predicted molar refractivity (Wildman–Crippen MR) is 65.6 cm³/mol. The van der Waals surface area contributed by atoms with Crippen molar-refractivity contribution in [3.05, 3.63) is 5.01 Å². The van der Waals surface area contributed by atoms with E-state index in [1.54, 1.807) is 18.7 Å². The second-order valence-corrected chi connectivity index (χ2v) is 6.05. The smallest absolute Gasteiger partial charge is 0.369 e. The van der Waals surface area contributed by atoms with Gasteiger partial charge >= 0.3 is 5.97 Å². The van der Waals surface area contributed by atoms with Gasteiger partial charge in [-0.3, -0.25) is 0 Å². The molecule has 0 aromatic carbocycles. The first-order chi connectivity index (χ1) is 8.29. The third-order valence-electron chi connectivity index (χ3n) is 2.29. The second-order valence-electron chi connectivity index (χ2n) is 3.52. The first-order valence-electron chi connectivity index (χ1n) is 5.54. The number of esters is 1. The number of hydrogen-bond acceptors (Lipinski definition) is 7. The Hall–Kier alpha value is -0.660. The highest BCUT2D eigenvalue weighted by Crippen LogP contribution is 2.31. The van der Waals surface area contributed by atoms with Gasteiger partial charge in [0, 0.05) is 18.5 Å². The predicted octanol–water partition coefficient (Wildman–Crippen LogP) is 1.99. The van der Waals surface area contributed by atoms with Crippen LogP contribution < -0.4 is 0 Å². The third kappa shape index (κ3) is 3.65. The van der Waals surface area contributed by atoms with Gasteiger partial charge in [0.15, 0.2) is 4.34 Å². The van der Waals surface area contributed by atoms with Crippen LogP contribution in [0.3, 0.4) is 0 Å². The summed E-state index contributed by atoms with van der Waals surface area (Å²) in [4.78, 5) is 11.4. The van der Waals surface area contributed by atoms with Crippen LogP contribution in [-0.2, 0) is 9.47 Å². The first kappa shape index (κ1) is 12.8. The number of thioether (sulfide) groups is 1. The highest BCUT2D eigenvalue weighted by Gasteiger charge is 2.19. The Labute approximate surface area is 108 Å². The molecule has 1 aromatic heterocycles. The van der Waals surface area contributed by atoms with E-state index in [2.05, 4.69) is 10.2 Å². The molecular formula is C10H14N2O3S2. The Morgan fingerprint density at radius 3 is 3.00 bits per heavy atom. The van der Waals surface area contributed by atoms with Gasteiger partial charge in [-0.05, 0) is 19.8 Å². The fourth-order valence-electron chi connectivity index (χ4n) is 1.47. The van der Waals surface area contributed by atoms with Crippen molar-refractivity contribution in [1.82, 2.24) is 10.2 Å². The van der Waals surface area contributed by atoms with Crippen LogP contribution in [0.4, 0.5) is 0 Å². The lowest BCUT2D eigenvalue weighted by Gasteiger charge is -2.19. The fraction of sp³-hybridized carbons (Fsp3) is 0.700. The monoisotopic (exact) mass is 274 g/mol. The van der Waals surface area contributed by atoms with Crippen LogP contribution in [-0.4, -0.2) is 41.2 Å². The molecule has 7 heteroatoms. The van der Waals surface area contributed by atoms with Crippen molar-refractivity contribution in [1.29, 1.82) is 0 Å². The zero-order valence-electron chi connectivity index (χ0n) is 9.55. The van der Waals surface area contributed by atoms with Gasteiger partial charge in [0.25, 0.3) is 0 Å². The Kier molecular flexibility index (Phi) is 4.75. The highest BCUT2D eigenvalue weighted by molar-refractivity contribution is 8.01. The molecule has 0 bridgehead atoms. The summed E-state index contributed by atoms with van der Waals surface area (Å²) in [6, 6.07) is 0. The summed E-state index contributed by atoms with van der Waals surface area (Å²) in [6.45, 7) is 3.75. The molecule has 0 atom stereocenters. The van der Waals surface area contributed by atoms with E-state index in [0.717, 1.165) is 30.4 Å². The molecule has 0 unspecified atom stereocenters. The highest BCUT2D eigenvalue weighted by atomic mass is 32.2. The van der Waals surface area contributed by atoms with Crippen LogP contribution in [0.5, 0.6) is 0 Å². The second kappa shape index (κ2) is 6.32. The minimum Gasteiger partial charge on any atom is -0.461 e. The lowest BCUT2D eigenvalue weighted by molar-refractivity contribution is 0.0525. The van der Waals surface area contributed by atoms with Crippen molar-refractivity contribution >= 4 is 29.1 Å². The average molecular weight is 274 g/mol. The Bertz CT molecular complexity index is 377. The van der Waals surface area contributed by atoms with Crippen LogP contribution in [0, 0.1) is 0 Å². The molecule has 0 spiro atoms. The maximum Gasteiger partial charge on any atom is 0.369 e. The average Bonchev–Trinajstić information content (AvgIpc) is 2.79. The Morgan fingerprint density at radius 1 is 1.53 bits per heavy atom. The van der Waals surface area contributed by atoms with Crippen molar-refractivity contribution in [3.8, 4) is 0 Å². The SMILES string of the molecule is CCOC(=O)c1nnc(SC2CCOCC2)s1. The maximum absolute atomic E-state index is 11.4. The summed E-state index contributed by atoms with van der Waals surface area (Å²) < 4.78 is 11.0. The summed E-state index contributed by atoms with van der Waals surface area (Å²) in [5, 5.41) is 8.70. The lowest BCUT2D eigenvalue weighted by Crippen LogP contribution is -2.17. The van der Waals surface area contributed by atoms with Gasteiger partial charge in [0.2, 0.25) is 5.01 Å². The van der Waals surface area contributed by atoms with Crippen molar-refractivity contribution < 1.29 is 14.3 Å². The van der Waals surface area contributed by atoms with E-state index in [0.29, 0.717) is 16.9 Å². The third-order valence-corrected chi connectivity index (χ3v) is 4.62. The molecule has 0 radical (unpaired) electrons. The number of rotatable bonds is 4. The molecule has 94 valence electrons. The number of carbonyl (C=O) groups is 1. The van der Waals surface area contributed by atoms with E-state index in [4.69, 9.17) is 9.47 Å². The topological polar surface area (TPSA) is 61.3 Å². The van der Waals surface area contributed by atoms with E-state index >= 15 is 0 Å². The minimum absolute atomic E-state index is 0.335. The molecule has 1 saturated heterocycles. The van der Waals surface area contributed by atoms with Crippen molar-refractivity contribution in [2.45, 2.75) is 29.4 Å². The van der Waals surface area contributed by atoms with E-state index < -0.39 is 0 Å². The fourth-order valence-corrected chi connectivity index (χ4v) is 3.58. The molecular weight excluding hydrogens is 260 g/mol. The molecule has 2 heterocycles. The van der Waals surface area contributed by atoms with Gasteiger partial charge in [-0.15, -0.1) is 10.2 Å². The standard InChI is InChI=1S/C10H14N2O3S2/c1-2-15-9(13)8-11-12-10(17-8)16-7-3-5-14-6-4-7/h7H,2-6H2,1H3. The van der Waals surface area contributed by atoms with E-state index in [1.165, 1.54) is 11.3 Å². The lowest BCUT2D eigenvalue weighted by atomic mass is 10.2. The summed E-state index contributed by atoms with van der Waals surface area (Å²) in [5.41, 5.74) is 0. The van der Waals surface area contributed by atoms with Crippen LogP contribution in [0.15, 0.2) is 4.34 Å². The number of ether oxygens (including phenoxy) is 2. The molecule has 1 aliphatic rings. The summed E-state index contributed by atoms with van der Waals surface area (Å²) in [6.07, 6.45) is 2.05. The first-order valence-corrected chi connectivity index (χ1v) is 7.24. The quantitative estimate of drug-likeness (QED) is 0.782. The maximum atomic E-state index is 11.4. The normalized spacial score (nSPS) is 17.0.